The van der Waals surface area contributed by atoms with Gasteiger partial charge < -0.3 is 16.0 Å². The van der Waals surface area contributed by atoms with Crippen LogP contribution in [0.4, 0.5) is 0 Å². The highest BCUT2D eigenvalue weighted by atomic mass is 16.2. The molecule has 5 nitrogen and oxygen atoms in total. The quantitative estimate of drug-likeness (QED) is 0.344. The molecule has 0 aliphatic heterocycles. The maximum absolute atomic E-state index is 12.2. The van der Waals surface area contributed by atoms with Crippen LogP contribution >= 0.6 is 0 Å². The van der Waals surface area contributed by atoms with E-state index in [1.54, 1.807) is 0 Å². The van der Waals surface area contributed by atoms with E-state index in [0.29, 0.717) is 25.6 Å². The molecule has 1 aliphatic carbocycles. The zero-order valence-corrected chi connectivity index (χ0v) is 11.2. The first-order chi connectivity index (χ1) is 8.79. The van der Waals surface area contributed by atoms with E-state index < -0.39 is 0 Å². The van der Waals surface area contributed by atoms with E-state index in [4.69, 9.17) is 11.1 Å². The summed E-state index contributed by atoms with van der Waals surface area (Å²) in [5.41, 5.74) is 5.55. The number of hydrogen-bond acceptors (Lipinski definition) is 3. The molecule has 0 unspecified atom stereocenters. The van der Waals surface area contributed by atoms with Gasteiger partial charge in [0.25, 0.3) is 0 Å². The molecular formula is C13H26N4O. The van der Waals surface area contributed by atoms with Crippen molar-refractivity contribution >= 4 is 12.2 Å². The Bertz CT molecular complexity index is 251. The van der Waals surface area contributed by atoms with Gasteiger partial charge >= 0.3 is 0 Å². The number of nitrogens with two attached hydrogens (primary N) is 1. The maximum atomic E-state index is 12.2. The van der Waals surface area contributed by atoms with E-state index in [2.05, 4.69) is 5.32 Å². The molecule has 1 amide bonds. The van der Waals surface area contributed by atoms with Crippen LogP contribution in [0.15, 0.2) is 0 Å². The predicted molar refractivity (Wildman–Crippen MR) is 73.7 cm³/mol. The van der Waals surface area contributed by atoms with Crippen molar-refractivity contribution in [3.8, 4) is 0 Å². The minimum atomic E-state index is 0.199. The second-order valence-corrected chi connectivity index (χ2v) is 4.87. The molecule has 0 heterocycles. The minimum absolute atomic E-state index is 0.199. The van der Waals surface area contributed by atoms with Crippen LogP contribution in [0.1, 0.15) is 44.9 Å². The molecule has 0 aromatic carbocycles. The van der Waals surface area contributed by atoms with Gasteiger partial charge in [-0.25, -0.2) is 0 Å². The van der Waals surface area contributed by atoms with Crippen LogP contribution in [0.5, 0.6) is 0 Å². The number of carbonyl (C=O) groups is 1. The van der Waals surface area contributed by atoms with Crippen molar-refractivity contribution in [2.24, 2.45) is 5.73 Å². The summed E-state index contributed by atoms with van der Waals surface area (Å²) in [5.74, 6) is 0.199. The summed E-state index contributed by atoms with van der Waals surface area (Å²) < 4.78 is 0. The number of amides is 1. The highest BCUT2D eigenvalue weighted by Crippen LogP contribution is 2.23. The fraction of sp³-hybridized carbons (Fsp3) is 0.846. The van der Waals surface area contributed by atoms with Crippen LogP contribution in [0.2, 0.25) is 0 Å². The molecule has 4 N–H and O–H groups in total. The molecule has 1 rings (SSSR count). The van der Waals surface area contributed by atoms with Gasteiger partial charge in [-0.15, -0.1) is 0 Å². The van der Waals surface area contributed by atoms with Crippen LogP contribution in [0.3, 0.4) is 0 Å². The Kier molecular flexibility index (Phi) is 7.41. The largest absolute Gasteiger partial charge is 0.376 e. The summed E-state index contributed by atoms with van der Waals surface area (Å²) >= 11 is 0. The van der Waals surface area contributed by atoms with Gasteiger partial charge in [0, 0.05) is 25.6 Å². The Balaban J connectivity index is 2.46. The van der Waals surface area contributed by atoms with E-state index in [-0.39, 0.29) is 5.91 Å². The summed E-state index contributed by atoms with van der Waals surface area (Å²) in [5, 5.41) is 9.65. The van der Waals surface area contributed by atoms with Gasteiger partial charge in [0.1, 0.15) is 0 Å². The molecule has 0 radical (unpaired) electrons. The van der Waals surface area contributed by atoms with Gasteiger partial charge in [0.05, 0.1) is 6.34 Å². The van der Waals surface area contributed by atoms with Crippen molar-refractivity contribution in [3.05, 3.63) is 0 Å². The molecule has 18 heavy (non-hydrogen) atoms. The van der Waals surface area contributed by atoms with Crippen molar-refractivity contribution < 1.29 is 4.79 Å². The zero-order valence-electron chi connectivity index (χ0n) is 11.2. The molecule has 0 aromatic heterocycles. The number of carbonyl (C=O) groups excluding carboxylic acids is 1. The molecule has 1 aliphatic rings. The average Bonchev–Trinajstić information content (AvgIpc) is 2.41. The monoisotopic (exact) mass is 254 g/mol. The van der Waals surface area contributed by atoms with E-state index in [1.165, 1.54) is 19.3 Å². The molecule has 0 spiro atoms. The van der Waals surface area contributed by atoms with E-state index in [0.717, 1.165) is 32.1 Å². The molecule has 5 heteroatoms. The average molecular weight is 254 g/mol. The summed E-state index contributed by atoms with van der Waals surface area (Å²) in [6, 6.07) is 0.415. The first-order valence-corrected chi connectivity index (χ1v) is 7.01. The lowest BCUT2D eigenvalue weighted by molar-refractivity contribution is -0.134. The van der Waals surface area contributed by atoms with Crippen LogP contribution in [-0.2, 0) is 4.79 Å². The highest BCUT2D eigenvalue weighted by molar-refractivity contribution is 5.77. The van der Waals surface area contributed by atoms with Gasteiger partial charge in [-0.2, -0.15) is 0 Å². The first-order valence-electron chi connectivity index (χ1n) is 7.01. The first kappa shape index (κ1) is 15.0. The smallest absolute Gasteiger partial charge is 0.224 e. The SMILES string of the molecule is N=CNCCC(=O)N(CCCN)C1CCCCC1. The van der Waals surface area contributed by atoms with E-state index in [9.17, 15) is 4.79 Å². The van der Waals surface area contributed by atoms with Crippen LogP contribution in [0.25, 0.3) is 0 Å². The Morgan fingerprint density at radius 2 is 2.11 bits per heavy atom. The van der Waals surface area contributed by atoms with E-state index in [1.807, 2.05) is 4.90 Å². The molecule has 104 valence electrons. The fourth-order valence-electron chi connectivity index (χ4n) is 2.56. The van der Waals surface area contributed by atoms with E-state index >= 15 is 0 Å². The molecule has 0 saturated heterocycles. The lowest BCUT2D eigenvalue weighted by atomic mass is 9.94. The predicted octanol–water partition coefficient (Wildman–Crippen LogP) is 1.08. The standard InChI is InChI=1S/C13H26N4O/c14-8-4-10-17(12-5-2-1-3-6-12)13(18)7-9-16-11-15/h11-12H,1-10,14H2,(H2,15,16). The molecule has 1 fully saturated rings. The van der Waals surface area contributed by atoms with Crippen molar-refractivity contribution in [2.75, 3.05) is 19.6 Å². The molecule has 0 aromatic rings. The second-order valence-electron chi connectivity index (χ2n) is 4.87. The highest BCUT2D eigenvalue weighted by Gasteiger charge is 2.24. The van der Waals surface area contributed by atoms with Crippen molar-refractivity contribution in [1.82, 2.24) is 10.2 Å². The number of rotatable bonds is 8. The Morgan fingerprint density at radius 1 is 1.39 bits per heavy atom. The summed E-state index contributed by atoms with van der Waals surface area (Å²) in [6.07, 6.45) is 8.51. The minimum Gasteiger partial charge on any atom is -0.376 e. The van der Waals surface area contributed by atoms with Crippen LogP contribution in [-0.4, -0.2) is 42.8 Å². The molecular weight excluding hydrogens is 228 g/mol. The van der Waals surface area contributed by atoms with Crippen LogP contribution < -0.4 is 11.1 Å². The molecule has 0 bridgehead atoms. The lowest BCUT2D eigenvalue weighted by Gasteiger charge is -2.34. The van der Waals surface area contributed by atoms with Crippen LogP contribution in [0, 0.1) is 5.41 Å². The van der Waals surface area contributed by atoms with Crippen molar-refractivity contribution in [2.45, 2.75) is 51.0 Å². The Morgan fingerprint density at radius 3 is 2.72 bits per heavy atom. The molecule has 1 saturated carbocycles. The van der Waals surface area contributed by atoms with Gasteiger partial charge in [0.2, 0.25) is 5.91 Å². The Hall–Kier alpha value is -1.10. The second kappa shape index (κ2) is 8.91. The van der Waals surface area contributed by atoms with Crippen molar-refractivity contribution in [3.63, 3.8) is 0 Å². The van der Waals surface area contributed by atoms with Gasteiger partial charge in [-0.3, -0.25) is 10.2 Å². The Labute approximate surface area is 110 Å². The summed E-state index contributed by atoms with van der Waals surface area (Å²) in [4.78, 5) is 14.2. The number of hydrogen-bond donors (Lipinski definition) is 3. The van der Waals surface area contributed by atoms with Gasteiger partial charge in [-0.05, 0) is 25.8 Å². The molecule has 0 atom stereocenters. The normalized spacial score (nSPS) is 16.3. The third kappa shape index (κ3) is 5.04. The summed E-state index contributed by atoms with van der Waals surface area (Å²) in [6.45, 7) is 1.97. The zero-order chi connectivity index (χ0) is 13.2. The maximum Gasteiger partial charge on any atom is 0.224 e. The van der Waals surface area contributed by atoms with Gasteiger partial charge in [0.15, 0.2) is 0 Å². The van der Waals surface area contributed by atoms with Crippen molar-refractivity contribution in [1.29, 1.82) is 5.41 Å². The third-order valence-corrected chi connectivity index (χ3v) is 3.52. The fourth-order valence-corrected chi connectivity index (χ4v) is 2.56. The van der Waals surface area contributed by atoms with Gasteiger partial charge in [-0.1, -0.05) is 19.3 Å². The lowest BCUT2D eigenvalue weighted by Crippen LogP contribution is -2.43. The third-order valence-electron chi connectivity index (χ3n) is 3.52. The number of nitrogens with one attached hydrogen (secondary N) is 2. The number of nitrogens with zero attached hydrogens (tertiary/aromatic N) is 1. The topological polar surface area (TPSA) is 82.2 Å². The summed E-state index contributed by atoms with van der Waals surface area (Å²) in [7, 11) is 0.